The largest absolute Gasteiger partial charge is 0.467 e. The molecule has 16 heavy (non-hydrogen) atoms. The first kappa shape index (κ1) is 13.1. The van der Waals surface area contributed by atoms with Crippen molar-refractivity contribution >= 4 is 11.6 Å². The normalized spacial score (nSPS) is 11.6. The van der Waals surface area contributed by atoms with E-state index in [1.54, 1.807) is 19.1 Å². The van der Waals surface area contributed by atoms with Gasteiger partial charge in [0.05, 0.1) is 0 Å². The number of hydrogen-bond donors (Lipinski definition) is 0. The van der Waals surface area contributed by atoms with Crippen LogP contribution in [0.2, 0.25) is 5.02 Å². The van der Waals surface area contributed by atoms with Gasteiger partial charge in [0.25, 0.3) is 0 Å². The van der Waals surface area contributed by atoms with Crippen molar-refractivity contribution in [2.75, 3.05) is 13.4 Å². The van der Waals surface area contributed by atoms with E-state index < -0.39 is 19.6 Å². The second-order valence-electron chi connectivity index (χ2n) is 3.14. The zero-order valence-corrected chi connectivity index (χ0v) is 9.23. The van der Waals surface area contributed by atoms with Crippen LogP contribution in [0.3, 0.4) is 0 Å². The summed E-state index contributed by atoms with van der Waals surface area (Å²) in [5.41, 5.74) is 0.778. The van der Waals surface area contributed by atoms with Gasteiger partial charge < -0.3 is 9.47 Å². The fraction of sp³-hybridized carbons (Fsp3) is 0.400. The molecular weight excluding hydrogens is 245 g/mol. The Morgan fingerprint density at radius 3 is 2.62 bits per heavy atom. The second-order valence-corrected chi connectivity index (χ2v) is 3.57. The first-order valence-electron chi connectivity index (χ1n) is 4.42. The highest BCUT2D eigenvalue weighted by atomic mass is 35.5. The SMILES string of the molecule is Cc1ccc(Cl)cc1OCOCC(F)(F)F. The molecule has 0 radical (unpaired) electrons. The lowest BCUT2D eigenvalue weighted by Gasteiger charge is -2.11. The van der Waals surface area contributed by atoms with E-state index in [1.807, 2.05) is 0 Å². The van der Waals surface area contributed by atoms with Crippen molar-refractivity contribution in [2.45, 2.75) is 13.1 Å². The van der Waals surface area contributed by atoms with E-state index in [0.717, 1.165) is 5.56 Å². The lowest BCUT2D eigenvalue weighted by molar-refractivity contribution is -0.186. The molecular formula is C10H10ClF3O2. The Labute approximate surface area is 95.9 Å². The van der Waals surface area contributed by atoms with Gasteiger partial charge in [0, 0.05) is 5.02 Å². The van der Waals surface area contributed by atoms with E-state index >= 15 is 0 Å². The molecule has 0 saturated carbocycles. The van der Waals surface area contributed by atoms with Gasteiger partial charge in [-0.25, -0.2) is 0 Å². The maximum Gasteiger partial charge on any atom is 0.411 e. The van der Waals surface area contributed by atoms with Crippen LogP contribution < -0.4 is 4.74 Å². The summed E-state index contributed by atoms with van der Waals surface area (Å²) in [6, 6.07) is 4.90. The molecule has 0 N–H and O–H groups in total. The predicted molar refractivity (Wildman–Crippen MR) is 53.7 cm³/mol. The fourth-order valence-electron chi connectivity index (χ4n) is 0.992. The van der Waals surface area contributed by atoms with Crippen molar-refractivity contribution < 1.29 is 22.6 Å². The van der Waals surface area contributed by atoms with Gasteiger partial charge >= 0.3 is 6.18 Å². The van der Waals surface area contributed by atoms with Crippen molar-refractivity contribution in [3.63, 3.8) is 0 Å². The quantitative estimate of drug-likeness (QED) is 0.604. The zero-order chi connectivity index (χ0) is 12.2. The number of rotatable bonds is 4. The minimum absolute atomic E-state index is 0.412. The average molecular weight is 255 g/mol. The summed E-state index contributed by atoms with van der Waals surface area (Å²) in [5, 5.41) is 0.455. The van der Waals surface area contributed by atoms with E-state index in [0.29, 0.717) is 10.8 Å². The second kappa shape index (κ2) is 5.41. The number of aryl methyl sites for hydroxylation is 1. The summed E-state index contributed by atoms with van der Waals surface area (Å²) in [4.78, 5) is 0. The van der Waals surface area contributed by atoms with Gasteiger partial charge in [0.2, 0.25) is 0 Å². The Morgan fingerprint density at radius 2 is 2.00 bits per heavy atom. The average Bonchev–Trinajstić information content (AvgIpc) is 2.16. The van der Waals surface area contributed by atoms with Gasteiger partial charge in [-0.15, -0.1) is 0 Å². The molecule has 0 heterocycles. The summed E-state index contributed by atoms with van der Waals surface area (Å²) >= 11 is 5.70. The van der Waals surface area contributed by atoms with E-state index in [2.05, 4.69) is 4.74 Å². The Balaban J connectivity index is 2.40. The molecule has 0 amide bonds. The molecule has 2 nitrogen and oxygen atoms in total. The van der Waals surface area contributed by atoms with Crippen LogP contribution in [0.4, 0.5) is 13.2 Å². The number of alkyl halides is 3. The highest BCUT2D eigenvalue weighted by Crippen LogP contribution is 2.22. The van der Waals surface area contributed by atoms with E-state index in [1.165, 1.54) is 6.07 Å². The smallest absolute Gasteiger partial charge is 0.411 e. The van der Waals surface area contributed by atoms with Gasteiger partial charge in [0.1, 0.15) is 12.4 Å². The number of benzene rings is 1. The van der Waals surface area contributed by atoms with Gasteiger partial charge in [-0.1, -0.05) is 17.7 Å². The molecule has 1 aromatic carbocycles. The molecule has 0 atom stereocenters. The lowest BCUT2D eigenvalue weighted by atomic mass is 10.2. The molecule has 0 aliphatic carbocycles. The van der Waals surface area contributed by atoms with Crippen molar-refractivity contribution in [1.82, 2.24) is 0 Å². The molecule has 90 valence electrons. The number of hydrogen-bond acceptors (Lipinski definition) is 2. The summed E-state index contributed by atoms with van der Waals surface area (Å²) < 4.78 is 44.5. The first-order valence-corrected chi connectivity index (χ1v) is 4.80. The van der Waals surface area contributed by atoms with Crippen molar-refractivity contribution in [2.24, 2.45) is 0 Å². The third-order valence-corrected chi connectivity index (χ3v) is 1.95. The van der Waals surface area contributed by atoms with Crippen LogP contribution in [0.25, 0.3) is 0 Å². The number of halogens is 4. The van der Waals surface area contributed by atoms with Crippen LogP contribution in [0, 0.1) is 6.92 Å². The van der Waals surface area contributed by atoms with E-state index in [9.17, 15) is 13.2 Å². The Morgan fingerprint density at radius 1 is 1.31 bits per heavy atom. The van der Waals surface area contributed by atoms with Crippen molar-refractivity contribution in [3.05, 3.63) is 28.8 Å². The minimum Gasteiger partial charge on any atom is -0.467 e. The summed E-state index contributed by atoms with van der Waals surface area (Å²) in [6.45, 7) is -0.0251. The Hall–Kier alpha value is -0.940. The van der Waals surface area contributed by atoms with Gasteiger partial charge in [-0.3, -0.25) is 0 Å². The molecule has 0 unspecified atom stereocenters. The molecule has 0 bridgehead atoms. The molecule has 0 aliphatic rings. The van der Waals surface area contributed by atoms with Crippen molar-refractivity contribution in [1.29, 1.82) is 0 Å². The minimum atomic E-state index is -4.34. The maximum atomic E-state index is 11.7. The summed E-state index contributed by atoms with van der Waals surface area (Å²) in [5.74, 6) is 0.412. The summed E-state index contributed by atoms with van der Waals surface area (Å²) in [6.07, 6.45) is -4.34. The third-order valence-electron chi connectivity index (χ3n) is 1.71. The summed E-state index contributed by atoms with van der Waals surface area (Å²) in [7, 11) is 0. The molecule has 0 aliphatic heterocycles. The molecule has 1 aromatic rings. The van der Waals surface area contributed by atoms with Crippen LogP contribution in [-0.2, 0) is 4.74 Å². The molecule has 0 saturated heterocycles. The van der Waals surface area contributed by atoms with E-state index in [4.69, 9.17) is 16.3 Å². The van der Waals surface area contributed by atoms with Crippen LogP contribution >= 0.6 is 11.6 Å². The lowest BCUT2D eigenvalue weighted by Crippen LogP contribution is -2.19. The van der Waals surface area contributed by atoms with Gasteiger partial charge in [-0.05, 0) is 24.6 Å². The van der Waals surface area contributed by atoms with Crippen LogP contribution in [0.1, 0.15) is 5.56 Å². The van der Waals surface area contributed by atoms with Crippen LogP contribution in [-0.4, -0.2) is 19.6 Å². The maximum absolute atomic E-state index is 11.7. The number of ether oxygens (including phenoxy) is 2. The Bertz CT molecular complexity index is 352. The van der Waals surface area contributed by atoms with E-state index in [-0.39, 0.29) is 0 Å². The predicted octanol–water partition coefficient (Wildman–Crippen LogP) is 3.56. The molecule has 0 aromatic heterocycles. The van der Waals surface area contributed by atoms with Gasteiger partial charge in [0.15, 0.2) is 6.79 Å². The van der Waals surface area contributed by atoms with Gasteiger partial charge in [-0.2, -0.15) is 13.2 Å². The molecule has 0 spiro atoms. The Kier molecular flexibility index (Phi) is 4.44. The first-order chi connectivity index (χ1) is 7.38. The molecule has 0 fully saturated rings. The zero-order valence-electron chi connectivity index (χ0n) is 8.47. The van der Waals surface area contributed by atoms with Crippen molar-refractivity contribution in [3.8, 4) is 5.75 Å². The topological polar surface area (TPSA) is 18.5 Å². The molecule has 6 heteroatoms. The van der Waals surface area contributed by atoms with Crippen LogP contribution in [0.5, 0.6) is 5.75 Å². The third kappa shape index (κ3) is 4.72. The molecule has 1 rings (SSSR count). The highest BCUT2D eigenvalue weighted by Gasteiger charge is 2.27. The standard InChI is InChI=1S/C10H10ClF3O2/c1-7-2-3-8(11)4-9(7)16-6-15-5-10(12,13)14/h2-4H,5-6H2,1H3. The highest BCUT2D eigenvalue weighted by molar-refractivity contribution is 6.30. The monoisotopic (exact) mass is 254 g/mol. The van der Waals surface area contributed by atoms with Crippen LogP contribution in [0.15, 0.2) is 18.2 Å². The fourth-order valence-corrected chi connectivity index (χ4v) is 1.15.